The van der Waals surface area contributed by atoms with E-state index < -0.39 is 6.09 Å². The molecule has 1 N–H and O–H groups in total. The average molecular weight is 495 g/mol. The fourth-order valence-corrected chi connectivity index (χ4v) is 3.63. The Morgan fingerprint density at radius 1 is 1.03 bits per heavy atom. The highest BCUT2D eigenvalue weighted by Crippen LogP contribution is 2.29. The third-order valence-corrected chi connectivity index (χ3v) is 5.50. The molecule has 0 bridgehead atoms. The maximum atomic E-state index is 12.1. The second kappa shape index (κ2) is 11.0. The predicted molar refractivity (Wildman–Crippen MR) is 131 cm³/mol. The molecular formula is C25H23ClN4O5. The van der Waals surface area contributed by atoms with Crippen molar-refractivity contribution < 1.29 is 23.8 Å². The predicted octanol–water partition coefficient (Wildman–Crippen LogP) is 4.63. The summed E-state index contributed by atoms with van der Waals surface area (Å²) in [6, 6.07) is 12.7. The summed E-state index contributed by atoms with van der Waals surface area (Å²) in [5.74, 6) is 0.164. The van der Waals surface area contributed by atoms with Crippen molar-refractivity contribution in [3.8, 4) is 22.4 Å². The quantitative estimate of drug-likeness (QED) is 0.281. The van der Waals surface area contributed by atoms with Crippen LogP contribution in [0.2, 0.25) is 5.02 Å². The van der Waals surface area contributed by atoms with Crippen LogP contribution in [-0.4, -0.2) is 53.9 Å². The van der Waals surface area contributed by atoms with Gasteiger partial charge in [-0.05, 0) is 35.4 Å². The van der Waals surface area contributed by atoms with Gasteiger partial charge in [-0.2, -0.15) is 0 Å². The molecule has 0 spiro atoms. The van der Waals surface area contributed by atoms with Crippen molar-refractivity contribution in [1.82, 2.24) is 14.4 Å². The number of fused-ring (bicyclic) bond motifs is 1. The van der Waals surface area contributed by atoms with Crippen molar-refractivity contribution in [2.24, 2.45) is 0 Å². The van der Waals surface area contributed by atoms with Crippen LogP contribution in [0.25, 0.3) is 28.2 Å². The Hall–Kier alpha value is -3.95. The first-order chi connectivity index (χ1) is 17.0. The zero-order valence-corrected chi connectivity index (χ0v) is 19.9. The van der Waals surface area contributed by atoms with Gasteiger partial charge in [-0.3, -0.25) is 14.5 Å². The number of nitrogens with one attached hydrogen (secondary N) is 1. The number of carbonyl (C=O) groups excluding carboxylic acids is 2. The molecule has 1 amide bonds. The van der Waals surface area contributed by atoms with Crippen LogP contribution in [0.15, 0.2) is 61.1 Å². The first kappa shape index (κ1) is 24.2. The molecule has 0 atom stereocenters. The number of aromatic nitrogens is 3. The lowest BCUT2D eigenvalue weighted by molar-refractivity contribution is -0.144. The SMILES string of the molecule is COCCOC(=O)Cc1ccc(Cl)c(-c2cn3cc(-c4ccc(NC(=O)OC)cc4)cnc3n2)c1. The number of esters is 1. The number of imidazole rings is 1. The van der Waals surface area contributed by atoms with Crippen molar-refractivity contribution in [2.45, 2.75) is 6.42 Å². The van der Waals surface area contributed by atoms with E-state index in [1.165, 1.54) is 7.11 Å². The van der Waals surface area contributed by atoms with Gasteiger partial charge < -0.3 is 14.2 Å². The van der Waals surface area contributed by atoms with E-state index in [-0.39, 0.29) is 19.0 Å². The summed E-state index contributed by atoms with van der Waals surface area (Å²) >= 11 is 6.44. The van der Waals surface area contributed by atoms with E-state index in [4.69, 9.17) is 21.1 Å². The van der Waals surface area contributed by atoms with Gasteiger partial charge in [0.15, 0.2) is 0 Å². The number of carbonyl (C=O) groups is 2. The smallest absolute Gasteiger partial charge is 0.411 e. The Labute approximate surface area is 206 Å². The normalized spacial score (nSPS) is 10.8. The molecule has 9 nitrogen and oxygen atoms in total. The molecular weight excluding hydrogens is 472 g/mol. The molecule has 180 valence electrons. The summed E-state index contributed by atoms with van der Waals surface area (Å²) in [4.78, 5) is 32.5. The largest absolute Gasteiger partial charge is 0.463 e. The van der Waals surface area contributed by atoms with Crippen LogP contribution in [0, 0.1) is 0 Å². The summed E-state index contributed by atoms with van der Waals surface area (Å²) in [6.45, 7) is 0.559. The molecule has 4 rings (SSSR count). The van der Waals surface area contributed by atoms with Crippen molar-refractivity contribution in [2.75, 3.05) is 32.8 Å². The highest BCUT2D eigenvalue weighted by atomic mass is 35.5. The Morgan fingerprint density at radius 3 is 2.57 bits per heavy atom. The first-order valence-electron chi connectivity index (χ1n) is 10.7. The van der Waals surface area contributed by atoms with Gasteiger partial charge in [0.2, 0.25) is 5.78 Å². The van der Waals surface area contributed by atoms with Crippen LogP contribution in [0.3, 0.4) is 0 Å². The Kier molecular flexibility index (Phi) is 7.59. The minimum absolute atomic E-state index is 0.116. The monoisotopic (exact) mass is 494 g/mol. The van der Waals surface area contributed by atoms with Gasteiger partial charge in [-0.1, -0.05) is 29.8 Å². The van der Waals surface area contributed by atoms with Gasteiger partial charge in [0.05, 0.1) is 30.9 Å². The topological polar surface area (TPSA) is 104 Å². The van der Waals surface area contributed by atoms with Gasteiger partial charge in [-0.25, -0.2) is 14.8 Å². The van der Waals surface area contributed by atoms with E-state index in [9.17, 15) is 9.59 Å². The zero-order chi connectivity index (χ0) is 24.8. The highest BCUT2D eigenvalue weighted by molar-refractivity contribution is 6.33. The molecule has 0 saturated carbocycles. The van der Waals surface area contributed by atoms with Crippen LogP contribution in [0.1, 0.15) is 5.56 Å². The number of nitrogens with zero attached hydrogens (tertiary/aromatic N) is 3. The number of hydrogen-bond acceptors (Lipinski definition) is 7. The number of methoxy groups -OCH3 is 2. The molecule has 4 aromatic rings. The minimum atomic E-state index is -0.530. The summed E-state index contributed by atoms with van der Waals surface area (Å²) in [7, 11) is 2.86. The van der Waals surface area contributed by atoms with Crippen LogP contribution in [-0.2, 0) is 25.4 Å². The van der Waals surface area contributed by atoms with Crippen LogP contribution >= 0.6 is 11.6 Å². The van der Waals surface area contributed by atoms with Gasteiger partial charge in [0.1, 0.15) is 6.61 Å². The number of rotatable bonds is 8. The second-order valence-electron chi connectivity index (χ2n) is 7.57. The molecule has 0 fully saturated rings. The summed E-state index contributed by atoms with van der Waals surface area (Å²) in [5, 5.41) is 3.13. The number of amides is 1. The number of anilines is 1. The maximum Gasteiger partial charge on any atom is 0.411 e. The van der Waals surface area contributed by atoms with E-state index in [1.54, 1.807) is 37.6 Å². The molecule has 0 radical (unpaired) electrons. The molecule has 0 aliphatic rings. The molecule has 2 aromatic heterocycles. The van der Waals surface area contributed by atoms with Crippen LogP contribution in [0.5, 0.6) is 0 Å². The summed E-state index contributed by atoms with van der Waals surface area (Å²) in [5.41, 5.74) is 4.49. The molecule has 0 saturated heterocycles. The second-order valence-corrected chi connectivity index (χ2v) is 7.98. The van der Waals surface area contributed by atoms with E-state index in [1.807, 2.05) is 35.0 Å². The highest BCUT2D eigenvalue weighted by Gasteiger charge is 2.13. The number of hydrogen-bond donors (Lipinski definition) is 1. The van der Waals surface area contributed by atoms with Crippen molar-refractivity contribution >= 4 is 35.1 Å². The lowest BCUT2D eigenvalue weighted by Crippen LogP contribution is -2.12. The Morgan fingerprint density at radius 2 is 1.83 bits per heavy atom. The van der Waals surface area contributed by atoms with Crippen molar-refractivity contribution in [3.63, 3.8) is 0 Å². The van der Waals surface area contributed by atoms with E-state index in [2.05, 4.69) is 20.0 Å². The van der Waals surface area contributed by atoms with Crippen LogP contribution < -0.4 is 5.32 Å². The van der Waals surface area contributed by atoms with Gasteiger partial charge in [0, 0.05) is 42.5 Å². The standard InChI is InChI=1S/C25H23ClN4O5/c1-33-9-10-35-23(31)12-16-3-8-21(26)20(11-16)22-15-30-14-18(13-27-24(30)29-22)17-4-6-19(7-5-17)28-25(32)34-2/h3-8,11,13-15H,9-10,12H2,1-2H3,(H,28,32). The molecule has 2 aromatic carbocycles. The lowest BCUT2D eigenvalue weighted by atomic mass is 10.1. The third kappa shape index (κ3) is 5.95. The number of ether oxygens (including phenoxy) is 3. The van der Waals surface area contributed by atoms with Crippen LogP contribution in [0.4, 0.5) is 10.5 Å². The fourth-order valence-electron chi connectivity index (χ4n) is 3.41. The van der Waals surface area contributed by atoms with Crippen molar-refractivity contribution in [3.05, 3.63) is 71.6 Å². The molecule has 2 heterocycles. The fraction of sp³-hybridized carbons (Fsp3) is 0.200. The molecule has 10 heteroatoms. The molecule has 0 aliphatic heterocycles. The molecule has 35 heavy (non-hydrogen) atoms. The summed E-state index contributed by atoms with van der Waals surface area (Å²) in [6.07, 6.45) is 5.05. The number of benzene rings is 2. The Bertz CT molecular complexity index is 1350. The number of halogens is 1. The van der Waals surface area contributed by atoms with Gasteiger partial charge in [0.25, 0.3) is 0 Å². The molecule has 0 aliphatic carbocycles. The van der Waals surface area contributed by atoms with Crippen molar-refractivity contribution in [1.29, 1.82) is 0 Å². The Balaban J connectivity index is 1.55. The van der Waals surface area contributed by atoms with E-state index in [0.717, 1.165) is 16.7 Å². The summed E-state index contributed by atoms with van der Waals surface area (Å²) < 4.78 is 16.5. The molecule has 0 unspecified atom stereocenters. The van der Waals surface area contributed by atoms with Gasteiger partial charge in [-0.15, -0.1) is 0 Å². The maximum absolute atomic E-state index is 12.1. The van der Waals surface area contributed by atoms with E-state index >= 15 is 0 Å². The minimum Gasteiger partial charge on any atom is -0.463 e. The first-order valence-corrected chi connectivity index (χ1v) is 11.1. The third-order valence-electron chi connectivity index (χ3n) is 5.17. The average Bonchev–Trinajstić information content (AvgIpc) is 3.29. The lowest BCUT2D eigenvalue weighted by Gasteiger charge is -2.07. The van der Waals surface area contributed by atoms with E-state index in [0.29, 0.717) is 34.4 Å². The van der Waals surface area contributed by atoms with Gasteiger partial charge >= 0.3 is 12.1 Å². The zero-order valence-electron chi connectivity index (χ0n) is 19.2.